The number of aromatic nitrogens is 3. The minimum Gasteiger partial charge on any atom is -0.293 e. The molecule has 136 valence electrons. The second-order valence-corrected chi connectivity index (χ2v) is 7.95. The van der Waals surface area contributed by atoms with Gasteiger partial charge in [0.1, 0.15) is 0 Å². The van der Waals surface area contributed by atoms with Crippen LogP contribution in [0.15, 0.2) is 64.3 Å². The first kappa shape index (κ1) is 17.9. The van der Waals surface area contributed by atoms with E-state index in [0.717, 1.165) is 27.4 Å². The molecule has 0 amide bonds. The van der Waals surface area contributed by atoms with E-state index in [9.17, 15) is 4.79 Å². The second-order valence-electron chi connectivity index (χ2n) is 6.47. The van der Waals surface area contributed by atoms with Gasteiger partial charge in [0.15, 0.2) is 5.65 Å². The Balaban J connectivity index is 1.73. The number of rotatable bonds is 4. The SMILES string of the molecule is Cc1ccc(SCc2cc(=O)n3[nH]c(C)c(-c4ccc(Cl)cc4)c3n2)cc1. The third-order valence-corrected chi connectivity index (χ3v) is 5.69. The van der Waals surface area contributed by atoms with Gasteiger partial charge in [-0.3, -0.25) is 9.89 Å². The van der Waals surface area contributed by atoms with Gasteiger partial charge in [0.05, 0.1) is 5.69 Å². The second kappa shape index (κ2) is 7.25. The average Bonchev–Trinajstić information content (AvgIpc) is 2.99. The topological polar surface area (TPSA) is 50.2 Å². The van der Waals surface area contributed by atoms with E-state index in [1.807, 2.05) is 31.2 Å². The number of nitrogens with zero attached hydrogens (tertiary/aromatic N) is 2. The van der Waals surface area contributed by atoms with Crippen LogP contribution in [0, 0.1) is 13.8 Å². The van der Waals surface area contributed by atoms with Crippen LogP contribution < -0.4 is 5.56 Å². The van der Waals surface area contributed by atoms with E-state index >= 15 is 0 Å². The zero-order chi connectivity index (χ0) is 19.0. The van der Waals surface area contributed by atoms with E-state index in [-0.39, 0.29) is 5.56 Å². The number of H-pyrrole nitrogens is 1. The van der Waals surface area contributed by atoms with Crippen LogP contribution in [0.25, 0.3) is 16.8 Å². The molecular formula is C21H18ClN3OS. The van der Waals surface area contributed by atoms with Crippen molar-refractivity contribution in [1.29, 1.82) is 0 Å². The number of hydrogen-bond acceptors (Lipinski definition) is 3. The molecule has 0 aliphatic rings. The number of halogens is 1. The maximum Gasteiger partial charge on any atom is 0.272 e. The highest BCUT2D eigenvalue weighted by atomic mass is 35.5. The summed E-state index contributed by atoms with van der Waals surface area (Å²) >= 11 is 7.68. The van der Waals surface area contributed by atoms with E-state index in [1.165, 1.54) is 10.1 Å². The first-order valence-corrected chi connectivity index (χ1v) is 9.94. The molecule has 0 saturated carbocycles. The van der Waals surface area contributed by atoms with E-state index in [0.29, 0.717) is 16.4 Å². The molecule has 4 aromatic rings. The molecule has 0 atom stereocenters. The number of fused-ring (bicyclic) bond motifs is 1. The van der Waals surface area contributed by atoms with Crippen LogP contribution in [0.3, 0.4) is 0 Å². The Kier molecular flexibility index (Phi) is 4.81. The normalized spacial score (nSPS) is 11.2. The number of nitrogens with one attached hydrogen (secondary N) is 1. The molecule has 0 radical (unpaired) electrons. The maximum absolute atomic E-state index is 12.6. The largest absolute Gasteiger partial charge is 0.293 e. The minimum atomic E-state index is -0.109. The first-order chi connectivity index (χ1) is 13.0. The molecule has 27 heavy (non-hydrogen) atoms. The van der Waals surface area contributed by atoms with Crippen molar-refractivity contribution in [2.24, 2.45) is 0 Å². The quantitative estimate of drug-likeness (QED) is 0.480. The van der Waals surface area contributed by atoms with Crippen molar-refractivity contribution in [3.8, 4) is 11.1 Å². The van der Waals surface area contributed by atoms with Crippen LogP contribution in [-0.4, -0.2) is 14.6 Å². The average molecular weight is 396 g/mol. The number of hydrogen-bond donors (Lipinski definition) is 1. The summed E-state index contributed by atoms with van der Waals surface area (Å²) in [4.78, 5) is 18.5. The molecule has 0 aliphatic carbocycles. The zero-order valence-electron chi connectivity index (χ0n) is 15.0. The maximum atomic E-state index is 12.6. The summed E-state index contributed by atoms with van der Waals surface area (Å²) < 4.78 is 1.50. The Morgan fingerprint density at radius 1 is 1.07 bits per heavy atom. The summed E-state index contributed by atoms with van der Waals surface area (Å²) in [5, 5.41) is 3.79. The molecule has 6 heteroatoms. The van der Waals surface area contributed by atoms with Crippen LogP contribution in [0.4, 0.5) is 0 Å². The smallest absolute Gasteiger partial charge is 0.272 e. The Morgan fingerprint density at radius 2 is 1.78 bits per heavy atom. The van der Waals surface area contributed by atoms with Crippen LogP contribution >= 0.6 is 23.4 Å². The molecule has 2 aromatic carbocycles. The zero-order valence-corrected chi connectivity index (χ0v) is 16.6. The Bertz CT molecular complexity index is 1160. The number of aromatic amines is 1. The van der Waals surface area contributed by atoms with Crippen LogP contribution in [0.2, 0.25) is 5.02 Å². The molecule has 0 fully saturated rings. The summed E-state index contributed by atoms with van der Waals surface area (Å²) in [5.41, 5.74) is 5.32. The van der Waals surface area contributed by atoms with E-state index in [2.05, 4.69) is 36.3 Å². The molecule has 2 aromatic heterocycles. The van der Waals surface area contributed by atoms with Crippen molar-refractivity contribution < 1.29 is 0 Å². The molecule has 0 saturated heterocycles. The summed E-state index contributed by atoms with van der Waals surface area (Å²) in [5.74, 6) is 0.638. The molecule has 4 rings (SSSR count). The van der Waals surface area contributed by atoms with Gasteiger partial charge in [0, 0.05) is 33.0 Å². The van der Waals surface area contributed by atoms with Gasteiger partial charge < -0.3 is 0 Å². The summed E-state index contributed by atoms with van der Waals surface area (Å²) in [7, 11) is 0. The molecule has 0 unspecified atom stereocenters. The fraction of sp³-hybridized carbons (Fsp3) is 0.143. The molecule has 2 heterocycles. The van der Waals surface area contributed by atoms with Crippen LogP contribution in [0.1, 0.15) is 17.0 Å². The molecule has 1 N–H and O–H groups in total. The summed E-state index contributed by atoms with van der Waals surface area (Å²) in [6, 6.07) is 17.5. The van der Waals surface area contributed by atoms with Crippen molar-refractivity contribution in [3.05, 3.63) is 86.9 Å². The highest BCUT2D eigenvalue weighted by molar-refractivity contribution is 7.98. The van der Waals surface area contributed by atoms with E-state index in [4.69, 9.17) is 16.6 Å². The van der Waals surface area contributed by atoms with E-state index < -0.39 is 0 Å². The Morgan fingerprint density at radius 3 is 2.48 bits per heavy atom. The van der Waals surface area contributed by atoms with Crippen molar-refractivity contribution in [3.63, 3.8) is 0 Å². The lowest BCUT2D eigenvalue weighted by Crippen LogP contribution is -2.15. The lowest BCUT2D eigenvalue weighted by atomic mass is 10.1. The molecule has 4 nitrogen and oxygen atoms in total. The molecule has 0 bridgehead atoms. The minimum absolute atomic E-state index is 0.109. The van der Waals surface area contributed by atoms with Crippen molar-refractivity contribution in [2.45, 2.75) is 24.5 Å². The fourth-order valence-corrected chi connectivity index (χ4v) is 3.94. The predicted molar refractivity (Wildman–Crippen MR) is 112 cm³/mol. The lowest BCUT2D eigenvalue weighted by molar-refractivity contribution is 0.872. The van der Waals surface area contributed by atoms with Gasteiger partial charge in [0.2, 0.25) is 0 Å². The molecule has 0 aliphatic heterocycles. The third kappa shape index (κ3) is 3.66. The standard InChI is InChI=1S/C21H18ClN3OS/c1-13-3-9-18(10-4-13)27-12-17-11-19(26)25-21(23-17)20(14(2)24-25)15-5-7-16(22)8-6-15/h3-11,24H,12H2,1-2H3. The van der Waals surface area contributed by atoms with Gasteiger partial charge in [-0.05, 0) is 43.7 Å². The van der Waals surface area contributed by atoms with Gasteiger partial charge in [-0.2, -0.15) is 0 Å². The van der Waals surface area contributed by atoms with Crippen LogP contribution in [-0.2, 0) is 5.75 Å². The van der Waals surface area contributed by atoms with Gasteiger partial charge in [0.25, 0.3) is 5.56 Å². The highest BCUT2D eigenvalue weighted by Crippen LogP contribution is 2.28. The molecular weight excluding hydrogens is 378 g/mol. The van der Waals surface area contributed by atoms with E-state index in [1.54, 1.807) is 17.8 Å². The summed E-state index contributed by atoms with van der Waals surface area (Å²) in [6.45, 7) is 4.01. The predicted octanol–water partition coefficient (Wildman–Crippen LogP) is 5.25. The number of benzene rings is 2. The molecule has 0 spiro atoms. The highest BCUT2D eigenvalue weighted by Gasteiger charge is 2.14. The first-order valence-electron chi connectivity index (χ1n) is 8.58. The van der Waals surface area contributed by atoms with Crippen LogP contribution in [0.5, 0.6) is 0 Å². The summed E-state index contributed by atoms with van der Waals surface area (Å²) in [6.07, 6.45) is 0. The van der Waals surface area contributed by atoms with Crippen molar-refractivity contribution >= 4 is 29.0 Å². The van der Waals surface area contributed by atoms with Gasteiger partial charge in [-0.1, -0.05) is 41.4 Å². The van der Waals surface area contributed by atoms with Gasteiger partial charge >= 0.3 is 0 Å². The number of aryl methyl sites for hydroxylation is 2. The Hall–Kier alpha value is -2.50. The lowest BCUT2D eigenvalue weighted by Gasteiger charge is -2.04. The van der Waals surface area contributed by atoms with Crippen molar-refractivity contribution in [1.82, 2.24) is 14.6 Å². The Labute approximate surface area is 166 Å². The third-order valence-electron chi connectivity index (χ3n) is 4.39. The van der Waals surface area contributed by atoms with Gasteiger partial charge in [-0.15, -0.1) is 11.8 Å². The fourth-order valence-electron chi connectivity index (χ4n) is 3.02. The monoisotopic (exact) mass is 395 g/mol. The number of thioether (sulfide) groups is 1. The van der Waals surface area contributed by atoms with Gasteiger partial charge in [-0.25, -0.2) is 9.50 Å². The van der Waals surface area contributed by atoms with Crippen molar-refractivity contribution in [2.75, 3.05) is 0 Å².